The molecule has 0 aliphatic carbocycles. The first-order chi connectivity index (χ1) is 7.70. The number of nitrogens with zero attached hydrogens (tertiary/aromatic N) is 2. The van der Waals surface area contributed by atoms with Crippen LogP contribution in [0.25, 0.3) is 0 Å². The third-order valence-electron chi connectivity index (χ3n) is 2.48. The molecule has 2 aromatic rings. The van der Waals surface area contributed by atoms with Gasteiger partial charge in [-0.3, -0.25) is 4.68 Å². The van der Waals surface area contributed by atoms with Crippen LogP contribution in [0, 0.1) is 12.1 Å². The van der Waals surface area contributed by atoms with Gasteiger partial charge in [0.25, 0.3) is 0 Å². The smallest absolute Gasteiger partial charge is 0.176 e. The average Bonchev–Trinajstić information content (AvgIpc) is 2.83. The Bertz CT molecular complexity index is 481. The van der Waals surface area contributed by atoms with Crippen molar-refractivity contribution in [1.82, 2.24) is 9.78 Å². The molecule has 0 aromatic carbocycles. The SMILES string of the molecule is CCn1ncc(NCc2ccc(F)s2)c1C.Cl. The fourth-order valence-corrected chi connectivity index (χ4v) is 2.23. The molecule has 0 amide bonds. The Balaban J connectivity index is 0.00000144. The molecule has 17 heavy (non-hydrogen) atoms. The predicted octanol–water partition coefficient (Wildman–Crippen LogP) is 3.45. The highest BCUT2D eigenvalue weighted by molar-refractivity contribution is 7.10. The molecule has 0 aliphatic heterocycles. The molecule has 94 valence electrons. The van der Waals surface area contributed by atoms with Crippen LogP contribution in [0.5, 0.6) is 0 Å². The molecule has 2 rings (SSSR count). The normalized spacial score (nSPS) is 10.1. The zero-order chi connectivity index (χ0) is 11.5. The molecular formula is C11H15ClFN3S. The summed E-state index contributed by atoms with van der Waals surface area (Å²) in [6.07, 6.45) is 1.81. The molecule has 3 nitrogen and oxygen atoms in total. The van der Waals surface area contributed by atoms with Gasteiger partial charge < -0.3 is 5.32 Å². The lowest BCUT2D eigenvalue weighted by molar-refractivity contribution is 0.640. The first kappa shape index (κ1) is 14.0. The molecule has 6 heteroatoms. The fraction of sp³-hybridized carbons (Fsp3) is 0.364. The molecule has 0 radical (unpaired) electrons. The van der Waals surface area contributed by atoms with Crippen molar-refractivity contribution in [2.75, 3.05) is 5.32 Å². The number of aryl methyl sites for hydroxylation is 1. The van der Waals surface area contributed by atoms with E-state index in [2.05, 4.69) is 17.3 Å². The molecule has 2 aromatic heterocycles. The first-order valence-electron chi connectivity index (χ1n) is 5.21. The van der Waals surface area contributed by atoms with E-state index >= 15 is 0 Å². The van der Waals surface area contributed by atoms with Gasteiger partial charge in [0.15, 0.2) is 5.13 Å². The highest BCUT2D eigenvalue weighted by Crippen LogP contribution is 2.18. The fourth-order valence-electron chi connectivity index (χ4n) is 1.57. The van der Waals surface area contributed by atoms with E-state index < -0.39 is 0 Å². The second kappa shape index (κ2) is 6.02. The van der Waals surface area contributed by atoms with E-state index in [0.717, 1.165) is 22.8 Å². The van der Waals surface area contributed by atoms with Gasteiger partial charge >= 0.3 is 0 Å². The lowest BCUT2D eigenvalue weighted by Gasteiger charge is -2.04. The summed E-state index contributed by atoms with van der Waals surface area (Å²) in [7, 11) is 0. The molecular weight excluding hydrogens is 261 g/mol. The number of halogens is 2. The number of aromatic nitrogens is 2. The van der Waals surface area contributed by atoms with E-state index in [-0.39, 0.29) is 17.5 Å². The maximum atomic E-state index is 12.8. The minimum Gasteiger partial charge on any atom is -0.377 e. The van der Waals surface area contributed by atoms with Crippen LogP contribution in [0.3, 0.4) is 0 Å². The van der Waals surface area contributed by atoms with Crippen LogP contribution in [-0.4, -0.2) is 9.78 Å². The maximum Gasteiger partial charge on any atom is 0.176 e. The summed E-state index contributed by atoms with van der Waals surface area (Å²) in [5.74, 6) is 0. The Kier molecular flexibility index (Phi) is 4.96. The molecule has 1 N–H and O–H groups in total. The van der Waals surface area contributed by atoms with Gasteiger partial charge in [0.1, 0.15) is 0 Å². The zero-order valence-electron chi connectivity index (χ0n) is 9.74. The Morgan fingerprint density at radius 2 is 2.24 bits per heavy atom. The van der Waals surface area contributed by atoms with Gasteiger partial charge in [-0.15, -0.1) is 23.7 Å². The molecule has 0 saturated heterocycles. The van der Waals surface area contributed by atoms with Crippen molar-refractivity contribution >= 4 is 29.4 Å². The van der Waals surface area contributed by atoms with E-state index in [0.29, 0.717) is 6.54 Å². The van der Waals surface area contributed by atoms with E-state index in [1.807, 2.05) is 17.8 Å². The molecule has 0 aliphatic rings. The summed E-state index contributed by atoms with van der Waals surface area (Å²) in [6, 6.07) is 3.29. The van der Waals surface area contributed by atoms with Crippen LogP contribution in [0.15, 0.2) is 18.3 Å². The number of rotatable bonds is 4. The second-order valence-electron chi connectivity index (χ2n) is 3.52. The van der Waals surface area contributed by atoms with Crippen molar-refractivity contribution < 1.29 is 4.39 Å². The molecule has 0 saturated carbocycles. The van der Waals surface area contributed by atoms with Gasteiger partial charge in [-0.05, 0) is 26.0 Å². The second-order valence-corrected chi connectivity index (χ2v) is 4.64. The molecule has 0 fully saturated rings. The van der Waals surface area contributed by atoms with Crippen molar-refractivity contribution in [3.05, 3.63) is 34.0 Å². The van der Waals surface area contributed by atoms with Crippen LogP contribution in [0.1, 0.15) is 17.5 Å². The number of anilines is 1. The quantitative estimate of drug-likeness (QED) is 0.926. The van der Waals surface area contributed by atoms with Gasteiger partial charge in [0.2, 0.25) is 0 Å². The lowest BCUT2D eigenvalue weighted by Crippen LogP contribution is -2.01. The predicted molar refractivity (Wildman–Crippen MR) is 71.5 cm³/mol. The lowest BCUT2D eigenvalue weighted by atomic mass is 10.3. The molecule has 0 spiro atoms. The van der Waals surface area contributed by atoms with Crippen LogP contribution in [0.4, 0.5) is 10.1 Å². The number of hydrogen-bond acceptors (Lipinski definition) is 3. The van der Waals surface area contributed by atoms with Crippen molar-refractivity contribution in [3.63, 3.8) is 0 Å². The number of nitrogens with one attached hydrogen (secondary N) is 1. The van der Waals surface area contributed by atoms with Crippen molar-refractivity contribution in [1.29, 1.82) is 0 Å². The van der Waals surface area contributed by atoms with Crippen LogP contribution >= 0.6 is 23.7 Å². The number of hydrogen-bond donors (Lipinski definition) is 1. The molecule has 0 atom stereocenters. The summed E-state index contributed by atoms with van der Waals surface area (Å²) in [4.78, 5) is 0.987. The summed E-state index contributed by atoms with van der Waals surface area (Å²) in [5.41, 5.74) is 2.12. The van der Waals surface area contributed by atoms with E-state index in [1.165, 1.54) is 17.4 Å². The highest BCUT2D eigenvalue weighted by atomic mass is 35.5. The molecule has 0 unspecified atom stereocenters. The van der Waals surface area contributed by atoms with Crippen LogP contribution in [-0.2, 0) is 13.1 Å². The summed E-state index contributed by atoms with van der Waals surface area (Å²) >= 11 is 1.17. The average molecular weight is 276 g/mol. The Morgan fingerprint density at radius 3 is 2.76 bits per heavy atom. The standard InChI is InChI=1S/C11H14FN3S.ClH/c1-3-15-8(2)10(7-14-15)13-6-9-4-5-11(12)16-9;/h4-5,7,13H,3,6H2,1-2H3;1H. The zero-order valence-corrected chi connectivity index (χ0v) is 11.4. The third-order valence-corrected chi connectivity index (χ3v) is 3.36. The van der Waals surface area contributed by atoms with Crippen molar-refractivity contribution in [3.8, 4) is 0 Å². The minimum absolute atomic E-state index is 0. The Morgan fingerprint density at radius 1 is 1.47 bits per heavy atom. The Hall–Kier alpha value is -1.07. The minimum atomic E-state index is -0.141. The van der Waals surface area contributed by atoms with Crippen LogP contribution < -0.4 is 5.32 Å². The van der Waals surface area contributed by atoms with E-state index in [1.54, 1.807) is 6.07 Å². The maximum absolute atomic E-state index is 12.8. The number of thiophene rings is 1. The largest absolute Gasteiger partial charge is 0.377 e. The highest BCUT2D eigenvalue weighted by Gasteiger charge is 2.05. The van der Waals surface area contributed by atoms with Gasteiger partial charge in [0, 0.05) is 18.0 Å². The van der Waals surface area contributed by atoms with Crippen LogP contribution in [0.2, 0.25) is 0 Å². The topological polar surface area (TPSA) is 29.9 Å². The van der Waals surface area contributed by atoms with E-state index in [9.17, 15) is 4.39 Å². The van der Waals surface area contributed by atoms with Gasteiger partial charge in [0.05, 0.1) is 17.6 Å². The van der Waals surface area contributed by atoms with E-state index in [4.69, 9.17) is 0 Å². The van der Waals surface area contributed by atoms with Gasteiger partial charge in [-0.1, -0.05) is 0 Å². The summed E-state index contributed by atoms with van der Waals surface area (Å²) < 4.78 is 14.7. The monoisotopic (exact) mass is 275 g/mol. The molecule has 0 bridgehead atoms. The molecule has 2 heterocycles. The third kappa shape index (κ3) is 3.20. The summed E-state index contributed by atoms with van der Waals surface area (Å²) in [6.45, 7) is 5.58. The Labute approximate surface area is 110 Å². The summed E-state index contributed by atoms with van der Waals surface area (Å²) in [5, 5.41) is 7.35. The van der Waals surface area contributed by atoms with Crippen molar-refractivity contribution in [2.24, 2.45) is 0 Å². The van der Waals surface area contributed by atoms with Gasteiger partial charge in [-0.25, -0.2) is 0 Å². The first-order valence-corrected chi connectivity index (χ1v) is 6.03. The van der Waals surface area contributed by atoms with Crippen molar-refractivity contribution in [2.45, 2.75) is 26.9 Å². The van der Waals surface area contributed by atoms with Gasteiger partial charge in [-0.2, -0.15) is 9.49 Å².